The second-order valence-corrected chi connectivity index (χ2v) is 6.41. The summed E-state index contributed by atoms with van der Waals surface area (Å²) < 4.78 is 2.22. The Morgan fingerprint density at radius 1 is 1.52 bits per heavy atom. The van der Waals surface area contributed by atoms with Gasteiger partial charge in [0, 0.05) is 11.3 Å². The molecule has 0 aliphatic carbocycles. The number of rotatable bonds is 5. The predicted molar refractivity (Wildman–Crippen MR) is 75.4 cm³/mol. The molecule has 2 aliphatic heterocycles. The van der Waals surface area contributed by atoms with Gasteiger partial charge >= 0.3 is 12.7 Å². The van der Waals surface area contributed by atoms with Gasteiger partial charge in [0.15, 0.2) is 6.10 Å². The number of aliphatic carboxylic acids is 1. The molecule has 7 nitrogen and oxygen atoms in total. The second-order valence-electron chi connectivity index (χ2n) is 5.38. The number of hydrogen-bond acceptors (Lipinski definition) is 5. The van der Waals surface area contributed by atoms with E-state index in [1.807, 2.05) is 17.5 Å². The van der Waals surface area contributed by atoms with Crippen molar-refractivity contribution >= 4 is 30.0 Å². The predicted octanol–water partition coefficient (Wildman–Crippen LogP) is 0.380. The molecule has 0 radical (unpaired) electrons. The lowest BCUT2D eigenvalue weighted by Gasteiger charge is -2.28. The molecule has 1 aromatic heterocycles. The van der Waals surface area contributed by atoms with Crippen molar-refractivity contribution in [1.29, 1.82) is 0 Å². The highest BCUT2D eigenvalue weighted by Crippen LogP contribution is 2.46. The minimum atomic E-state index is -2.33. The van der Waals surface area contributed by atoms with E-state index in [1.54, 1.807) is 0 Å². The van der Waals surface area contributed by atoms with Crippen LogP contribution in [0.3, 0.4) is 0 Å². The van der Waals surface area contributed by atoms with Crippen LogP contribution in [0.15, 0.2) is 17.5 Å². The quantitative estimate of drug-likeness (QED) is 0.316. The van der Waals surface area contributed by atoms with Crippen molar-refractivity contribution in [3.63, 3.8) is 0 Å². The average molecular weight is 313 g/mol. The Morgan fingerprint density at radius 3 is 3.00 bits per heavy atom. The molecule has 3 rings (SSSR count). The smallest absolute Gasteiger partial charge is 0.501 e. The molecule has 0 bridgehead atoms. The van der Waals surface area contributed by atoms with Crippen LogP contribution in [0.5, 0.6) is 0 Å². The van der Waals surface area contributed by atoms with E-state index < -0.39 is 24.8 Å². The first-order chi connectivity index (χ1) is 9.99. The van der Waals surface area contributed by atoms with Gasteiger partial charge in [-0.25, -0.2) is 0 Å². The standard InChI is InChI=1S/C12H16BNO6S/c15-11(7-9-2-1-5-21-9)14-10-4-3-8(6-12(16)17)20-13(10,18)19-20/h1-2,5,8,10,18H,3-4,6-7H2,(H,14,15)(H,16,17)/t8-,10-,13+/m0/s1. The molecule has 0 unspecified atom stereocenters. The number of thiophene rings is 1. The normalized spacial score (nSPS) is 31.5. The van der Waals surface area contributed by atoms with Crippen molar-refractivity contribution in [2.45, 2.75) is 37.7 Å². The number of nitrogens with one attached hydrogen (secondary N) is 1. The molecule has 21 heavy (non-hydrogen) atoms. The average Bonchev–Trinajstić information content (AvgIpc) is 2.87. The summed E-state index contributed by atoms with van der Waals surface area (Å²) in [4.78, 5) is 28.8. The maximum Gasteiger partial charge on any atom is 0.678 e. The van der Waals surface area contributed by atoms with Gasteiger partial charge < -0.3 is 19.9 Å². The van der Waals surface area contributed by atoms with Gasteiger partial charge in [-0.3, -0.25) is 14.4 Å². The third-order valence-electron chi connectivity index (χ3n) is 3.84. The zero-order valence-electron chi connectivity index (χ0n) is 11.2. The van der Waals surface area contributed by atoms with E-state index in [1.165, 1.54) is 11.3 Å². The van der Waals surface area contributed by atoms with Crippen LogP contribution in [0, 0.1) is 0 Å². The number of carboxylic acids is 1. The van der Waals surface area contributed by atoms with Crippen molar-refractivity contribution in [2.75, 3.05) is 0 Å². The lowest BCUT2D eigenvalue weighted by Crippen LogP contribution is -2.54. The van der Waals surface area contributed by atoms with Gasteiger partial charge in [0.1, 0.15) is 6.42 Å². The van der Waals surface area contributed by atoms with Crippen LogP contribution >= 0.6 is 11.3 Å². The van der Waals surface area contributed by atoms with E-state index in [0.29, 0.717) is 12.8 Å². The zero-order valence-corrected chi connectivity index (χ0v) is 12.0. The fourth-order valence-corrected chi connectivity index (χ4v) is 3.50. The van der Waals surface area contributed by atoms with Crippen molar-refractivity contribution in [3.8, 4) is 0 Å². The molecule has 0 aromatic carbocycles. The van der Waals surface area contributed by atoms with Crippen molar-refractivity contribution in [3.05, 3.63) is 22.4 Å². The lowest BCUT2D eigenvalue weighted by molar-refractivity contribution is -0.203. The first kappa shape index (κ1) is 14.5. The summed E-state index contributed by atoms with van der Waals surface area (Å²) in [5.41, 5.74) is 0. The molecule has 2 fully saturated rings. The highest BCUT2D eigenvalue weighted by Gasteiger charge is 2.73. The van der Waals surface area contributed by atoms with Gasteiger partial charge in [0.2, 0.25) is 5.91 Å². The molecule has 3 atom stereocenters. The number of carboxylic acid groups (broad SMARTS) is 1. The molecule has 0 saturated carbocycles. The Morgan fingerprint density at radius 2 is 2.33 bits per heavy atom. The number of carbonyl (C=O) groups is 2. The molecule has 3 heterocycles. The summed E-state index contributed by atoms with van der Waals surface area (Å²) in [6.07, 6.45) is 0.783. The molecule has 1 amide bonds. The van der Waals surface area contributed by atoms with E-state index >= 15 is 0 Å². The van der Waals surface area contributed by atoms with Gasteiger partial charge in [-0.2, -0.15) is 0 Å². The van der Waals surface area contributed by atoms with Crippen LogP contribution in [0.1, 0.15) is 24.1 Å². The first-order valence-corrected chi connectivity index (χ1v) is 7.70. The van der Waals surface area contributed by atoms with Gasteiger partial charge in [-0.15, -0.1) is 11.3 Å². The van der Waals surface area contributed by atoms with E-state index in [0.717, 1.165) is 4.88 Å². The zero-order chi connectivity index (χ0) is 15.0. The molecule has 2 aliphatic rings. The van der Waals surface area contributed by atoms with Crippen LogP contribution < -0.4 is 5.32 Å². The molecule has 1 aromatic rings. The highest BCUT2D eigenvalue weighted by molar-refractivity contribution is 7.10. The first-order valence-electron chi connectivity index (χ1n) is 6.82. The molecular formula is C12H16BNO6S. The minimum absolute atomic E-state index is 0.107. The van der Waals surface area contributed by atoms with E-state index in [-0.39, 0.29) is 18.7 Å². The van der Waals surface area contributed by atoms with Crippen molar-refractivity contribution < 1.29 is 29.0 Å². The Bertz CT molecular complexity index is 552. The Hall–Kier alpha value is -1.42. The SMILES string of the molecule is O=C(O)C[C@@H]1CC[C@H](NC(=O)Cc2cccs2)[B@@-]2(O)O[O+]12. The van der Waals surface area contributed by atoms with Gasteiger partial charge in [0.25, 0.3) is 0 Å². The van der Waals surface area contributed by atoms with Gasteiger partial charge in [-0.05, 0) is 17.9 Å². The molecule has 9 heteroatoms. The van der Waals surface area contributed by atoms with Gasteiger partial charge in [0.05, 0.1) is 12.4 Å². The van der Waals surface area contributed by atoms with E-state index in [2.05, 4.69) is 9.75 Å². The molecular weight excluding hydrogens is 297 g/mol. The Balaban J connectivity index is 1.56. The summed E-state index contributed by atoms with van der Waals surface area (Å²) in [5.74, 6) is -1.63. The van der Waals surface area contributed by atoms with Crippen LogP contribution in [-0.4, -0.2) is 40.8 Å². The molecule has 114 valence electrons. The summed E-state index contributed by atoms with van der Waals surface area (Å²) in [5, 5.41) is 23.8. The fraction of sp³-hybridized carbons (Fsp3) is 0.500. The largest absolute Gasteiger partial charge is 0.678 e. The molecule has 3 N–H and O–H groups in total. The van der Waals surface area contributed by atoms with Crippen molar-refractivity contribution in [1.82, 2.24) is 5.32 Å². The Kier molecular flexibility index (Phi) is 3.74. The summed E-state index contributed by atoms with van der Waals surface area (Å²) in [7, 11) is 0. The van der Waals surface area contributed by atoms with Crippen LogP contribution in [0.2, 0.25) is 0 Å². The topological polar surface area (TPSA) is 102 Å². The highest BCUT2D eigenvalue weighted by atomic mass is 32.1. The number of fused-ring (bicyclic) bond motifs is 1. The number of amides is 1. The summed E-state index contributed by atoms with van der Waals surface area (Å²) in [6.45, 7) is -2.33. The maximum atomic E-state index is 12.0. The van der Waals surface area contributed by atoms with E-state index in [4.69, 9.17) is 9.91 Å². The van der Waals surface area contributed by atoms with Crippen LogP contribution in [0.4, 0.5) is 0 Å². The fourth-order valence-electron chi connectivity index (χ4n) is 2.80. The third-order valence-corrected chi connectivity index (χ3v) is 4.72. The third kappa shape index (κ3) is 2.96. The molecule has 0 spiro atoms. The Labute approximate surface area is 125 Å². The minimum Gasteiger partial charge on any atom is -0.501 e. The van der Waals surface area contributed by atoms with Crippen LogP contribution in [0.25, 0.3) is 0 Å². The maximum absolute atomic E-state index is 12.0. The summed E-state index contributed by atoms with van der Waals surface area (Å²) in [6, 6.07) is 3.76. The second kappa shape index (κ2) is 5.41. The van der Waals surface area contributed by atoms with E-state index in [9.17, 15) is 14.6 Å². The van der Waals surface area contributed by atoms with Crippen molar-refractivity contribution in [2.24, 2.45) is 0 Å². The van der Waals surface area contributed by atoms with Crippen LogP contribution in [-0.2, 0) is 25.3 Å². The summed E-state index contributed by atoms with van der Waals surface area (Å²) >= 11 is 1.50. The number of hydrogen-bond donors (Lipinski definition) is 3. The monoisotopic (exact) mass is 313 g/mol. The van der Waals surface area contributed by atoms with Gasteiger partial charge in [-0.1, -0.05) is 6.07 Å². The lowest BCUT2D eigenvalue weighted by atomic mass is 9.67. The molecule has 2 saturated heterocycles. The number of carbonyl (C=O) groups excluding carboxylic acids is 1.